The van der Waals surface area contributed by atoms with Crippen LogP contribution >= 0.6 is 0 Å². The van der Waals surface area contributed by atoms with Gasteiger partial charge in [-0.15, -0.1) is 0 Å². The molecule has 0 fully saturated rings. The van der Waals surface area contributed by atoms with E-state index in [-0.39, 0.29) is 17.2 Å². The van der Waals surface area contributed by atoms with Gasteiger partial charge in [0.15, 0.2) is 5.69 Å². The molecule has 0 saturated heterocycles. The standard InChI is InChI=1S/C5H5N5/c6-1-3-4(5(7)8)10-2-9-3/h2H,(H3,7,8)(H,9,10). The number of nitrogens with two attached hydrogens (primary N) is 1. The van der Waals surface area contributed by atoms with Crippen molar-refractivity contribution in [2.45, 2.75) is 0 Å². The highest BCUT2D eigenvalue weighted by Crippen LogP contribution is 1.97. The van der Waals surface area contributed by atoms with Gasteiger partial charge in [-0.2, -0.15) is 5.26 Å². The van der Waals surface area contributed by atoms with E-state index in [0.29, 0.717) is 0 Å². The number of aromatic nitrogens is 2. The van der Waals surface area contributed by atoms with Crippen LogP contribution in [0.5, 0.6) is 0 Å². The van der Waals surface area contributed by atoms with E-state index in [1.54, 1.807) is 6.07 Å². The normalized spacial score (nSPS) is 8.70. The lowest BCUT2D eigenvalue weighted by Crippen LogP contribution is -2.12. The fourth-order valence-electron chi connectivity index (χ4n) is 0.584. The third kappa shape index (κ3) is 0.821. The Bertz CT molecular complexity index is 291. The fraction of sp³-hybridized carbons (Fsp3) is 0. The van der Waals surface area contributed by atoms with Crippen LogP contribution in [0.25, 0.3) is 0 Å². The van der Waals surface area contributed by atoms with E-state index in [2.05, 4.69) is 9.97 Å². The van der Waals surface area contributed by atoms with Gasteiger partial charge in [0.1, 0.15) is 17.6 Å². The van der Waals surface area contributed by atoms with Crippen molar-refractivity contribution >= 4 is 5.84 Å². The number of nitrogens with zero attached hydrogens (tertiary/aromatic N) is 2. The summed E-state index contributed by atoms with van der Waals surface area (Å²) in [7, 11) is 0. The van der Waals surface area contributed by atoms with Crippen LogP contribution in [-0.2, 0) is 0 Å². The van der Waals surface area contributed by atoms with Gasteiger partial charge < -0.3 is 10.7 Å². The molecule has 0 aliphatic rings. The molecule has 1 aromatic heterocycles. The molecule has 1 rings (SSSR count). The van der Waals surface area contributed by atoms with Gasteiger partial charge in [-0.1, -0.05) is 0 Å². The van der Waals surface area contributed by atoms with Crippen LogP contribution in [0, 0.1) is 16.7 Å². The molecule has 5 heteroatoms. The number of aromatic amines is 1. The second-order valence-electron chi connectivity index (χ2n) is 1.65. The number of hydrogen-bond donors (Lipinski definition) is 3. The second-order valence-corrected chi connectivity index (χ2v) is 1.65. The Morgan fingerprint density at radius 1 is 1.90 bits per heavy atom. The van der Waals surface area contributed by atoms with Crippen LogP contribution < -0.4 is 5.73 Å². The van der Waals surface area contributed by atoms with Crippen molar-refractivity contribution in [2.24, 2.45) is 5.73 Å². The van der Waals surface area contributed by atoms with Gasteiger partial charge in [-0.25, -0.2) is 4.98 Å². The summed E-state index contributed by atoms with van der Waals surface area (Å²) < 4.78 is 0. The molecule has 0 aliphatic carbocycles. The number of amidine groups is 1. The monoisotopic (exact) mass is 135 g/mol. The molecule has 4 N–H and O–H groups in total. The summed E-state index contributed by atoms with van der Waals surface area (Å²) in [6.07, 6.45) is 1.33. The maximum Gasteiger partial charge on any atom is 0.169 e. The highest BCUT2D eigenvalue weighted by atomic mass is 14.9. The average Bonchev–Trinajstić information content (AvgIpc) is 2.33. The van der Waals surface area contributed by atoms with Gasteiger partial charge in [0.25, 0.3) is 0 Å². The first-order valence-electron chi connectivity index (χ1n) is 2.53. The highest BCUT2D eigenvalue weighted by Gasteiger charge is 2.05. The molecule has 0 saturated carbocycles. The van der Waals surface area contributed by atoms with Crippen LogP contribution in [-0.4, -0.2) is 15.8 Å². The van der Waals surface area contributed by atoms with E-state index in [1.807, 2.05) is 0 Å². The average molecular weight is 135 g/mol. The van der Waals surface area contributed by atoms with E-state index < -0.39 is 0 Å². The number of nitrogen functional groups attached to an aromatic ring is 1. The first kappa shape index (κ1) is 6.29. The zero-order valence-electron chi connectivity index (χ0n) is 5.05. The first-order valence-corrected chi connectivity index (χ1v) is 2.53. The molecule has 5 nitrogen and oxygen atoms in total. The molecule has 0 amide bonds. The molecular weight excluding hydrogens is 130 g/mol. The lowest BCUT2D eigenvalue weighted by molar-refractivity contribution is 1.29. The summed E-state index contributed by atoms with van der Waals surface area (Å²) in [4.78, 5) is 6.19. The van der Waals surface area contributed by atoms with E-state index in [1.165, 1.54) is 6.33 Å². The van der Waals surface area contributed by atoms with E-state index in [4.69, 9.17) is 16.4 Å². The van der Waals surface area contributed by atoms with Gasteiger partial charge in [0.05, 0.1) is 6.33 Å². The molecule has 0 spiro atoms. The Balaban J connectivity index is 3.17. The van der Waals surface area contributed by atoms with E-state index in [0.717, 1.165) is 0 Å². The second kappa shape index (κ2) is 2.19. The predicted molar refractivity (Wildman–Crippen MR) is 34.3 cm³/mol. The maximum atomic E-state index is 8.37. The van der Waals surface area contributed by atoms with Crippen LogP contribution in [0.4, 0.5) is 0 Å². The lowest BCUT2D eigenvalue weighted by Gasteiger charge is -1.89. The Morgan fingerprint density at radius 3 is 3.00 bits per heavy atom. The third-order valence-electron chi connectivity index (χ3n) is 1.01. The zero-order valence-corrected chi connectivity index (χ0v) is 5.05. The molecule has 0 atom stereocenters. The van der Waals surface area contributed by atoms with Crippen LogP contribution in [0.15, 0.2) is 6.33 Å². The van der Waals surface area contributed by atoms with Gasteiger partial charge >= 0.3 is 0 Å². The molecule has 0 unspecified atom stereocenters. The topological polar surface area (TPSA) is 102 Å². The number of hydrogen-bond acceptors (Lipinski definition) is 3. The van der Waals surface area contributed by atoms with Crippen molar-refractivity contribution < 1.29 is 0 Å². The Hall–Kier alpha value is -1.83. The van der Waals surface area contributed by atoms with Gasteiger partial charge in [-0.05, 0) is 0 Å². The molecule has 0 aliphatic heterocycles. The van der Waals surface area contributed by atoms with Crippen LogP contribution in [0.2, 0.25) is 0 Å². The van der Waals surface area contributed by atoms with Crippen molar-refractivity contribution in [3.8, 4) is 6.07 Å². The number of nitrogens with one attached hydrogen (secondary N) is 2. The third-order valence-corrected chi connectivity index (χ3v) is 1.01. The Kier molecular flexibility index (Phi) is 1.38. The fourth-order valence-corrected chi connectivity index (χ4v) is 0.584. The lowest BCUT2D eigenvalue weighted by atomic mass is 10.3. The summed E-state index contributed by atoms with van der Waals surface area (Å²) in [6, 6.07) is 1.79. The minimum absolute atomic E-state index is 0.160. The zero-order chi connectivity index (χ0) is 7.56. The summed E-state index contributed by atoms with van der Waals surface area (Å²) >= 11 is 0. The molecular formula is C5H5N5. The minimum Gasteiger partial charge on any atom is -0.382 e. The molecule has 0 radical (unpaired) electrons. The smallest absolute Gasteiger partial charge is 0.169 e. The molecule has 1 aromatic rings. The summed E-state index contributed by atoms with van der Waals surface area (Å²) in [5.74, 6) is -0.172. The molecule has 10 heavy (non-hydrogen) atoms. The highest BCUT2D eigenvalue weighted by molar-refractivity contribution is 5.94. The Labute approximate surface area is 57.0 Å². The van der Waals surface area contributed by atoms with Crippen molar-refractivity contribution in [1.82, 2.24) is 9.97 Å². The van der Waals surface area contributed by atoms with Crippen molar-refractivity contribution in [3.05, 3.63) is 17.7 Å². The predicted octanol–water partition coefficient (Wildman–Crippen LogP) is -0.435. The Morgan fingerprint density at radius 2 is 2.60 bits per heavy atom. The number of imidazole rings is 1. The quantitative estimate of drug-likeness (QED) is 0.359. The van der Waals surface area contributed by atoms with Crippen LogP contribution in [0.1, 0.15) is 11.4 Å². The van der Waals surface area contributed by atoms with Gasteiger partial charge in [-0.3, -0.25) is 5.41 Å². The van der Waals surface area contributed by atoms with Crippen LogP contribution in [0.3, 0.4) is 0 Å². The number of nitriles is 1. The summed E-state index contributed by atoms with van der Waals surface area (Å²) in [5, 5.41) is 15.3. The molecule has 50 valence electrons. The molecule has 0 bridgehead atoms. The van der Waals surface area contributed by atoms with Gasteiger partial charge in [0, 0.05) is 0 Å². The first-order chi connectivity index (χ1) is 4.75. The SMILES string of the molecule is N#Cc1nc[nH]c1C(=N)N. The number of rotatable bonds is 1. The number of H-pyrrole nitrogens is 1. The molecule has 0 aromatic carbocycles. The van der Waals surface area contributed by atoms with Crippen molar-refractivity contribution in [2.75, 3.05) is 0 Å². The van der Waals surface area contributed by atoms with Crippen molar-refractivity contribution in [3.63, 3.8) is 0 Å². The van der Waals surface area contributed by atoms with E-state index in [9.17, 15) is 0 Å². The minimum atomic E-state index is -0.172. The largest absolute Gasteiger partial charge is 0.382 e. The summed E-state index contributed by atoms with van der Waals surface area (Å²) in [6.45, 7) is 0. The van der Waals surface area contributed by atoms with Gasteiger partial charge in [0.2, 0.25) is 0 Å². The maximum absolute atomic E-state index is 8.37. The van der Waals surface area contributed by atoms with E-state index >= 15 is 0 Å². The molecule has 1 heterocycles. The summed E-state index contributed by atoms with van der Waals surface area (Å²) in [5.41, 5.74) is 5.54. The van der Waals surface area contributed by atoms with Crippen molar-refractivity contribution in [1.29, 1.82) is 10.7 Å².